The van der Waals surface area contributed by atoms with Gasteiger partial charge in [0.25, 0.3) is 0 Å². The van der Waals surface area contributed by atoms with Gasteiger partial charge in [0.1, 0.15) is 5.01 Å². The molecule has 1 aliphatic heterocycles. The van der Waals surface area contributed by atoms with Gasteiger partial charge < -0.3 is 15.1 Å². The molecule has 0 saturated carbocycles. The number of aromatic nitrogens is 1. The Morgan fingerprint density at radius 1 is 1.61 bits per heavy atom. The van der Waals surface area contributed by atoms with Crippen molar-refractivity contribution < 1.29 is 0 Å². The molecular formula is C13H24N4S. The second kappa shape index (κ2) is 6.61. The lowest BCUT2D eigenvalue weighted by Gasteiger charge is -2.19. The molecule has 0 aliphatic carbocycles. The van der Waals surface area contributed by atoms with E-state index in [1.165, 1.54) is 36.8 Å². The molecule has 0 aromatic carbocycles. The quantitative estimate of drug-likeness (QED) is 0.841. The van der Waals surface area contributed by atoms with E-state index in [1.807, 2.05) is 7.05 Å². The number of likely N-dealkylation sites (tertiary alicyclic amines) is 1. The maximum atomic E-state index is 4.63. The highest BCUT2D eigenvalue weighted by molar-refractivity contribution is 7.09. The molecule has 1 aliphatic rings. The van der Waals surface area contributed by atoms with E-state index < -0.39 is 0 Å². The number of hydrogen-bond acceptors (Lipinski definition) is 5. The van der Waals surface area contributed by atoms with Crippen molar-refractivity contribution in [3.05, 3.63) is 16.1 Å². The number of thiazole rings is 1. The average molecular weight is 268 g/mol. The Balaban J connectivity index is 1.77. The van der Waals surface area contributed by atoms with Gasteiger partial charge >= 0.3 is 0 Å². The summed E-state index contributed by atoms with van der Waals surface area (Å²) in [6.07, 6.45) is 1.34. The molecule has 1 fully saturated rings. The third-order valence-corrected chi connectivity index (χ3v) is 4.32. The normalized spacial score (nSPS) is 21.0. The Bertz CT molecular complexity index is 366. The lowest BCUT2D eigenvalue weighted by Crippen LogP contribution is -2.27. The predicted octanol–water partition coefficient (Wildman–Crippen LogP) is 1.25. The van der Waals surface area contributed by atoms with E-state index in [2.05, 4.69) is 39.6 Å². The van der Waals surface area contributed by atoms with E-state index in [4.69, 9.17) is 0 Å². The molecule has 0 bridgehead atoms. The molecule has 1 aromatic rings. The molecule has 1 N–H and O–H groups in total. The van der Waals surface area contributed by atoms with Gasteiger partial charge in [-0.15, -0.1) is 11.3 Å². The first-order valence-corrected chi connectivity index (χ1v) is 7.50. The highest BCUT2D eigenvalue weighted by Crippen LogP contribution is 2.17. The van der Waals surface area contributed by atoms with Crippen molar-refractivity contribution in [3.8, 4) is 0 Å². The molecule has 2 rings (SSSR count). The van der Waals surface area contributed by atoms with Crippen molar-refractivity contribution in [1.82, 2.24) is 20.1 Å². The minimum Gasteiger partial charge on any atom is -0.314 e. The van der Waals surface area contributed by atoms with E-state index in [9.17, 15) is 0 Å². The lowest BCUT2D eigenvalue weighted by atomic mass is 10.1. The molecule has 5 heteroatoms. The molecule has 18 heavy (non-hydrogen) atoms. The van der Waals surface area contributed by atoms with Crippen molar-refractivity contribution in [1.29, 1.82) is 0 Å². The van der Waals surface area contributed by atoms with E-state index in [0.717, 1.165) is 19.0 Å². The van der Waals surface area contributed by atoms with E-state index in [0.29, 0.717) is 0 Å². The Labute approximate surface area is 114 Å². The summed E-state index contributed by atoms with van der Waals surface area (Å²) in [6.45, 7) is 5.53. The standard InChI is InChI=1S/C13H24N4S/c1-14-6-13-15-12(10-18-13)9-17(3)8-11-4-5-16(2)7-11/h10-11,14H,4-9H2,1-3H3. The van der Waals surface area contributed by atoms with Crippen LogP contribution < -0.4 is 5.32 Å². The summed E-state index contributed by atoms with van der Waals surface area (Å²) in [7, 11) is 6.38. The predicted molar refractivity (Wildman–Crippen MR) is 76.8 cm³/mol. The second-order valence-electron chi connectivity index (χ2n) is 5.38. The van der Waals surface area contributed by atoms with Crippen LogP contribution in [0, 0.1) is 5.92 Å². The van der Waals surface area contributed by atoms with E-state index in [1.54, 1.807) is 11.3 Å². The van der Waals surface area contributed by atoms with E-state index >= 15 is 0 Å². The van der Waals surface area contributed by atoms with Crippen LogP contribution in [0.2, 0.25) is 0 Å². The maximum Gasteiger partial charge on any atom is 0.107 e. The van der Waals surface area contributed by atoms with Gasteiger partial charge in [-0.05, 0) is 40.0 Å². The highest BCUT2D eigenvalue weighted by Gasteiger charge is 2.20. The molecule has 2 heterocycles. The van der Waals surface area contributed by atoms with Gasteiger partial charge in [-0.25, -0.2) is 4.98 Å². The summed E-state index contributed by atoms with van der Waals surface area (Å²) >= 11 is 1.75. The van der Waals surface area contributed by atoms with Gasteiger partial charge in [0, 0.05) is 31.6 Å². The minimum absolute atomic E-state index is 0.829. The van der Waals surface area contributed by atoms with Gasteiger partial charge in [-0.3, -0.25) is 0 Å². The monoisotopic (exact) mass is 268 g/mol. The topological polar surface area (TPSA) is 31.4 Å². The molecule has 1 aromatic heterocycles. The first-order chi connectivity index (χ1) is 8.67. The molecule has 4 nitrogen and oxygen atoms in total. The molecule has 1 atom stereocenters. The molecule has 0 spiro atoms. The molecular weight excluding hydrogens is 244 g/mol. The van der Waals surface area contributed by atoms with Crippen molar-refractivity contribution in [2.75, 3.05) is 40.8 Å². The fourth-order valence-electron chi connectivity index (χ4n) is 2.61. The summed E-state index contributed by atoms with van der Waals surface area (Å²) in [6, 6.07) is 0. The van der Waals surface area contributed by atoms with Gasteiger partial charge in [-0.2, -0.15) is 0 Å². The van der Waals surface area contributed by atoms with E-state index in [-0.39, 0.29) is 0 Å². The van der Waals surface area contributed by atoms with Crippen molar-refractivity contribution >= 4 is 11.3 Å². The van der Waals surface area contributed by atoms with Gasteiger partial charge in [0.05, 0.1) is 5.69 Å². The zero-order valence-electron chi connectivity index (χ0n) is 11.6. The lowest BCUT2D eigenvalue weighted by molar-refractivity contribution is 0.265. The molecule has 1 saturated heterocycles. The first kappa shape index (κ1) is 13.9. The maximum absolute atomic E-state index is 4.63. The molecule has 0 amide bonds. The van der Waals surface area contributed by atoms with Crippen LogP contribution in [0.4, 0.5) is 0 Å². The third kappa shape index (κ3) is 4.02. The van der Waals surface area contributed by atoms with Crippen LogP contribution in [-0.4, -0.2) is 55.6 Å². The second-order valence-corrected chi connectivity index (χ2v) is 6.32. The largest absolute Gasteiger partial charge is 0.314 e. The molecule has 0 radical (unpaired) electrons. The van der Waals surface area contributed by atoms with Gasteiger partial charge in [0.2, 0.25) is 0 Å². The Morgan fingerprint density at radius 2 is 2.44 bits per heavy atom. The van der Waals surface area contributed by atoms with Crippen molar-refractivity contribution in [2.24, 2.45) is 5.92 Å². The average Bonchev–Trinajstić information content (AvgIpc) is 2.89. The van der Waals surface area contributed by atoms with Crippen molar-refractivity contribution in [3.63, 3.8) is 0 Å². The van der Waals surface area contributed by atoms with Gasteiger partial charge in [-0.1, -0.05) is 0 Å². The first-order valence-electron chi connectivity index (χ1n) is 6.62. The number of rotatable bonds is 6. The van der Waals surface area contributed by atoms with Crippen LogP contribution in [0.15, 0.2) is 5.38 Å². The van der Waals surface area contributed by atoms with Crippen LogP contribution in [0.5, 0.6) is 0 Å². The molecule has 1 unspecified atom stereocenters. The Kier molecular flexibility index (Phi) is 5.12. The zero-order valence-corrected chi connectivity index (χ0v) is 12.5. The number of hydrogen-bond donors (Lipinski definition) is 1. The van der Waals surface area contributed by atoms with Crippen LogP contribution in [-0.2, 0) is 13.1 Å². The fourth-order valence-corrected chi connectivity index (χ4v) is 3.41. The highest BCUT2D eigenvalue weighted by atomic mass is 32.1. The zero-order chi connectivity index (χ0) is 13.0. The summed E-state index contributed by atoms with van der Waals surface area (Å²) in [5, 5.41) is 6.51. The van der Waals surface area contributed by atoms with Crippen LogP contribution in [0.1, 0.15) is 17.1 Å². The van der Waals surface area contributed by atoms with Gasteiger partial charge in [0.15, 0.2) is 0 Å². The van der Waals surface area contributed by atoms with Crippen LogP contribution >= 0.6 is 11.3 Å². The van der Waals surface area contributed by atoms with Crippen molar-refractivity contribution in [2.45, 2.75) is 19.5 Å². The summed E-state index contributed by atoms with van der Waals surface area (Å²) in [5.74, 6) is 0.829. The summed E-state index contributed by atoms with van der Waals surface area (Å²) in [5.41, 5.74) is 1.21. The molecule has 102 valence electrons. The Morgan fingerprint density at radius 3 is 3.11 bits per heavy atom. The third-order valence-electron chi connectivity index (χ3n) is 3.42. The SMILES string of the molecule is CNCc1nc(CN(C)CC2CCN(C)C2)cs1. The minimum atomic E-state index is 0.829. The number of nitrogens with one attached hydrogen (secondary N) is 1. The van der Waals surface area contributed by atoms with Crippen LogP contribution in [0.25, 0.3) is 0 Å². The Hall–Kier alpha value is -0.490. The smallest absolute Gasteiger partial charge is 0.107 e. The number of nitrogens with zero attached hydrogens (tertiary/aromatic N) is 3. The fraction of sp³-hybridized carbons (Fsp3) is 0.769. The summed E-state index contributed by atoms with van der Waals surface area (Å²) in [4.78, 5) is 9.46. The summed E-state index contributed by atoms with van der Waals surface area (Å²) < 4.78 is 0. The van der Waals surface area contributed by atoms with Crippen LogP contribution in [0.3, 0.4) is 0 Å².